The first-order chi connectivity index (χ1) is 14.2. The second kappa shape index (κ2) is 8.34. The van der Waals surface area contributed by atoms with Crippen molar-refractivity contribution in [3.63, 3.8) is 0 Å². The van der Waals surface area contributed by atoms with E-state index in [9.17, 15) is 0 Å². The molecule has 1 aliphatic heterocycles. The van der Waals surface area contributed by atoms with Crippen molar-refractivity contribution >= 4 is 33.3 Å². The van der Waals surface area contributed by atoms with E-state index in [2.05, 4.69) is 23.0 Å². The van der Waals surface area contributed by atoms with E-state index in [1.54, 1.807) is 0 Å². The summed E-state index contributed by atoms with van der Waals surface area (Å²) in [4.78, 5) is 15.1. The van der Waals surface area contributed by atoms with Crippen molar-refractivity contribution in [2.75, 3.05) is 38.6 Å². The van der Waals surface area contributed by atoms with Crippen LogP contribution in [0, 0.1) is 13.8 Å². The lowest BCUT2D eigenvalue weighted by atomic mass is 9.97. The molecule has 0 atom stereocenters. The number of aromatic nitrogens is 4. The number of rotatable bonds is 5. The predicted molar refractivity (Wildman–Crippen MR) is 119 cm³/mol. The van der Waals surface area contributed by atoms with Gasteiger partial charge in [0.2, 0.25) is 0 Å². The lowest BCUT2D eigenvalue weighted by Gasteiger charge is -2.26. The molecule has 3 aromatic heterocycles. The van der Waals surface area contributed by atoms with Gasteiger partial charge in [0, 0.05) is 41.3 Å². The molecule has 0 aromatic carbocycles. The average molecular weight is 430 g/mol. The maximum absolute atomic E-state index is 5.47. The van der Waals surface area contributed by atoms with Crippen molar-refractivity contribution in [1.29, 1.82) is 0 Å². The smallest absolute Gasteiger partial charge is 0.253 e. The van der Waals surface area contributed by atoms with Gasteiger partial charge in [-0.2, -0.15) is 10.1 Å². The summed E-state index contributed by atoms with van der Waals surface area (Å²) >= 11 is 3.74. The SMILES string of the molecule is Cc1cc(C)n(-c2nc(SCCN3CCOCC3)c3c4c(sc3n2)CCCC4)n1. The van der Waals surface area contributed by atoms with Crippen molar-refractivity contribution in [1.82, 2.24) is 24.6 Å². The van der Waals surface area contributed by atoms with Gasteiger partial charge in [-0.05, 0) is 51.2 Å². The summed E-state index contributed by atoms with van der Waals surface area (Å²) < 4.78 is 7.36. The molecular weight excluding hydrogens is 402 g/mol. The Morgan fingerprint density at radius 2 is 1.97 bits per heavy atom. The van der Waals surface area contributed by atoms with Crippen LogP contribution in [0.2, 0.25) is 0 Å². The zero-order chi connectivity index (χ0) is 19.8. The van der Waals surface area contributed by atoms with E-state index in [1.165, 1.54) is 35.1 Å². The molecule has 6 nitrogen and oxygen atoms in total. The van der Waals surface area contributed by atoms with Crippen LogP contribution in [0.3, 0.4) is 0 Å². The highest BCUT2D eigenvalue weighted by Crippen LogP contribution is 2.40. The van der Waals surface area contributed by atoms with Gasteiger partial charge in [-0.25, -0.2) is 9.67 Å². The molecule has 2 aliphatic rings. The summed E-state index contributed by atoms with van der Waals surface area (Å²) in [6.45, 7) is 8.92. The van der Waals surface area contributed by atoms with Crippen molar-refractivity contribution in [3.05, 3.63) is 27.9 Å². The third kappa shape index (κ3) is 3.95. The molecule has 154 valence electrons. The number of morpholine rings is 1. The second-order valence-electron chi connectivity index (χ2n) is 7.86. The molecule has 1 saturated heterocycles. The monoisotopic (exact) mass is 429 g/mol. The van der Waals surface area contributed by atoms with Gasteiger partial charge >= 0.3 is 0 Å². The fraction of sp³-hybridized carbons (Fsp3) is 0.571. The highest BCUT2D eigenvalue weighted by Gasteiger charge is 2.22. The van der Waals surface area contributed by atoms with Gasteiger partial charge in [-0.15, -0.1) is 23.1 Å². The molecular formula is C21H27N5OS2. The first kappa shape index (κ1) is 19.5. The van der Waals surface area contributed by atoms with Gasteiger partial charge in [-0.3, -0.25) is 4.90 Å². The normalized spacial score (nSPS) is 17.7. The van der Waals surface area contributed by atoms with E-state index >= 15 is 0 Å². The topological polar surface area (TPSA) is 56.1 Å². The van der Waals surface area contributed by atoms with Gasteiger partial charge in [0.15, 0.2) is 0 Å². The number of ether oxygens (including phenoxy) is 1. The summed E-state index contributed by atoms with van der Waals surface area (Å²) in [5, 5.41) is 7.07. The summed E-state index contributed by atoms with van der Waals surface area (Å²) in [5.41, 5.74) is 3.58. The number of aryl methyl sites for hydroxylation is 4. The Hall–Kier alpha value is -1.48. The Balaban J connectivity index is 1.50. The Morgan fingerprint density at radius 1 is 1.14 bits per heavy atom. The third-order valence-electron chi connectivity index (χ3n) is 5.72. The highest BCUT2D eigenvalue weighted by atomic mass is 32.2. The van der Waals surface area contributed by atoms with Crippen LogP contribution in [0.5, 0.6) is 0 Å². The lowest BCUT2D eigenvalue weighted by molar-refractivity contribution is 0.0410. The zero-order valence-corrected chi connectivity index (χ0v) is 18.7. The summed E-state index contributed by atoms with van der Waals surface area (Å²) in [6.07, 6.45) is 4.91. The van der Waals surface area contributed by atoms with Crippen LogP contribution in [0.25, 0.3) is 16.2 Å². The molecule has 0 bridgehead atoms. The molecule has 0 unspecified atom stereocenters. The zero-order valence-electron chi connectivity index (χ0n) is 17.1. The van der Waals surface area contributed by atoms with E-state index in [0.717, 1.165) is 66.3 Å². The molecule has 1 aliphatic carbocycles. The fourth-order valence-corrected chi connectivity index (χ4v) is 6.61. The highest BCUT2D eigenvalue weighted by molar-refractivity contribution is 7.99. The Kier molecular flexibility index (Phi) is 5.60. The summed E-state index contributed by atoms with van der Waals surface area (Å²) in [6, 6.07) is 2.08. The van der Waals surface area contributed by atoms with Crippen molar-refractivity contribution < 1.29 is 4.74 Å². The first-order valence-electron chi connectivity index (χ1n) is 10.5. The van der Waals surface area contributed by atoms with Crippen LogP contribution >= 0.6 is 23.1 Å². The molecule has 0 spiro atoms. The van der Waals surface area contributed by atoms with Gasteiger partial charge in [-0.1, -0.05) is 0 Å². The van der Waals surface area contributed by atoms with E-state index in [-0.39, 0.29) is 0 Å². The fourth-order valence-electron chi connectivity index (χ4n) is 4.24. The maximum Gasteiger partial charge on any atom is 0.253 e. The van der Waals surface area contributed by atoms with Gasteiger partial charge < -0.3 is 4.74 Å². The number of nitrogens with zero attached hydrogens (tertiary/aromatic N) is 5. The average Bonchev–Trinajstić information content (AvgIpc) is 3.27. The van der Waals surface area contributed by atoms with E-state index in [1.807, 2.05) is 34.7 Å². The van der Waals surface area contributed by atoms with Crippen LogP contribution in [0.15, 0.2) is 11.1 Å². The van der Waals surface area contributed by atoms with Gasteiger partial charge in [0.1, 0.15) is 9.86 Å². The van der Waals surface area contributed by atoms with Crippen LogP contribution in [-0.4, -0.2) is 63.2 Å². The largest absolute Gasteiger partial charge is 0.379 e. The molecule has 0 radical (unpaired) electrons. The third-order valence-corrected chi connectivity index (χ3v) is 7.86. The molecule has 0 amide bonds. The number of fused-ring (bicyclic) bond motifs is 3. The van der Waals surface area contributed by atoms with E-state index in [0.29, 0.717) is 5.95 Å². The quantitative estimate of drug-likeness (QED) is 0.454. The minimum Gasteiger partial charge on any atom is -0.379 e. The van der Waals surface area contributed by atoms with Crippen molar-refractivity contribution in [2.45, 2.75) is 44.6 Å². The Morgan fingerprint density at radius 3 is 2.76 bits per heavy atom. The molecule has 8 heteroatoms. The van der Waals surface area contributed by atoms with Crippen LogP contribution in [0.1, 0.15) is 34.7 Å². The van der Waals surface area contributed by atoms with Crippen LogP contribution in [0.4, 0.5) is 0 Å². The standard InChI is InChI=1S/C21H27N5OS2/c1-14-13-15(2)26(24-14)21-22-19(28-12-9-25-7-10-27-11-8-25)18-16-5-3-4-6-17(16)29-20(18)23-21/h13H,3-12H2,1-2H3. The molecule has 0 saturated carbocycles. The van der Waals surface area contributed by atoms with Crippen molar-refractivity contribution in [2.24, 2.45) is 0 Å². The molecule has 1 fully saturated rings. The minimum absolute atomic E-state index is 0.704. The minimum atomic E-state index is 0.704. The number of hydrogen-bond acceptors (Lipinski definition) is 7. The van der Waals surface area contributed by atoms with E-state index in [4.69, 9.17) is 14.7 Å². The molecule has 4 heterocycles. The van der Waals surface area contributed by atoms with Crippen LogP contribution in [-0.2, 0) is 17.6 Å². The maximum atomic E-state index is 5.47. The van der Waals surface area contributed by atoms with E-state index < -0.39 is 0 Å². The molecule has 5 rings (SSSR count). The number of hydrogen-bond donors (Lipinski definition) is 0. The molecule has 29 heavy (non-hydrogen) atoms. The van der Waals surface area contributed by atoms with Crippen LogP contribution < -0.4 is 0 Å². The van der Waals surface area contributed by atoms with Gasteiger partial charge in [0.05, 0.1) is 18.9 Å². The second-order valence-corrected chi connectivity index (χ2v) is 10.0. The summed E-state index contributed by atoms with van der Waals surface area (Å²) in [7, 11) is 0. The number of thiophene rings is 1. The van der Waals surface area contributed by atoms with Crippen molar-refractivity contribution in [3.8, 4) is 5.95 Å². The molecule has 3 aromatic rings. The number of thioether (sulfide) groups is 1. The Labute approximate surface area is 179 Å². The van der Waals surface area contributed by atoms with Gasteiger partial charge in [0.25, 0.3) is 5.95 Å². The molecule has 0 N–H and O–H groups in total. The Bertz CT molecular complexity index is 1020. The lowest BCUT2D eigenvalue weighted by Crippen LogP contribution is -2.37. The summed E-state index contributed by atoms with van der Waals surface area (Å²) in [5.74, 6) is 1.74. The predicted octanol–water partition coefficient (Wildman–Crippen LogP) is 3.80. The first-order valence-corrected chi connectivity index (χ1v) is 12.3.